The van der Waals surface area contributed by atoms with Crippen molar-refractivity contribution in [1.82, 2.24) is 25.1 Å². The lowest BCUT2D eigenvalue weighted by Crippen LogP contribution is -2.62. The highest BCUT2D eigenvalue weighted by Gasteiger charge is 2.45. The maximum absolute atomic E-state index is 14.1. The van der Waals surface area contributed by atoms with Crippen molar-refractivity contribution < 1.29 is 28.7 Å². The molecule has 1 aliphatic rings. The standard InChI is InChI=1S/C31H57N5O6S/c1-13-15-16-33(8)24(37)17-22(42-11)28(21(7)14-2)34(9)31(41)26(19(3)4)32-29(39)27(20(5)6)35(10)36-25(38)18-23(43-12)30(36)40/h19-23,26-28H,13-18H2,1-12H3,(H,32,39)/t21?,22?,23?,26-,27?,28?/m0/s1. The molecule has 5 unspecified atom stereocenters. The van der Waals surface area contributed by atoms with Crippen LogP contribution >= 0.6 is 11.8 Å². The van der Waals surface area contributed by atoms with E-state index in [0.717, 1.165) is 24.3 Å². The van der Waals surface area contributed by atoms with Crippen LogP contribution in [0.1, 0.15) is 80.6 Å². The molecule has 248 valence electrons. The van der Waals surface area contributed by atoms with E-state index in [9.17, 15) is 24.0 Å². The van der Waals surface area contributed by atoms with Gasteiger partial charge in [-0.15, -0.1) is 0 Å². The van der Waals surface area contributed by atoms with Crippen LogP contribution < -0.4 is 5.32 Å². The van der Waals surface area contributed by atoms with Crippen molar-refractivity contribution in [3.8, 4) is 0 Å². The van der Waals surface area contributed by atoms with E-state index < -0.39 is 35.4 Å². The van der Waals surface area contributed by atoms with E-state index in [4.69, 9.17) is 4.74 Å². The summed E-state index contributed by atoms with van der Waals surface area (Å²) in [4.78, 5) is 69.9. The summed E-state index contributed by atoms with van der Waals surface area (Å²) in [6.45, 7) is 14.2. The number of carbonyl (C=O) groups excluding carboxylic acids is 5. The van der Waals surface area contributed by atoms with Gasteiger partial charge < -0.3 is 19.9 Å². The molecule has 0 aliphatic carbocycles. The van der Waals surface area contributed by atoms with Crippen molar-refractivity contribution in [2.75, 3.05) is 41.1 Å². The van der Waals surface area contributed by atoms with Crippen LogP contribution in [-0.4, -0.2) is 120 Å². The number of nitrogens with one attached hydrogen (secondary N) is 1. The Morgan fingerprint density at radius 2 is 1.65 bits per heavy atom. The number of amides is 5. The lowest BCUT2D eigenvalue weighted by Gasteiger charge is -2.41. The molecule has 0 saturated carbocycles. The van der Waals surface area contributed by atoms with E-state index in [-0.39, 0.29) is 54.2 Å². The highest BCUT2D eigenvalue weighted by Crippen LogP contribution is 2.27. The zero-order valence-electron chi connectivity index (χ0n) is 28.5. The SMILES string of the molecule is CCCCN(C)C(=O)CC(OC)C(C(C)CC)N(C)C(=O)[C@@H](NC(=O)C(C(C)C)N(C)N1C(=O)CC(SC)C1=O)C(C)C. The number of carbonyl (C=O) groups is 5. The fourth-order valence-corrected chi connectivity index (χ4v) is 6.30. The van der Waals surface area contributed by atoms with Crippen LogP contribution in [-0.2, 0) is 28.7 Å². The quantitative estimate of drug-likeness (QED) is 0.231. The predicted molar refractivity (Wildman–Crippen MR) is 171 cm³/mol. The third kappa shape index (κ3) is 9.91. The molecule has 0 radical (unpaired) electrons. The van der Waals surface area contributed by atoms with E-state index in [2.05, 4.69) is 12.2 Å². The van der Waals surface area contributed by atoms with Crippen LogP contribution in [0.3, 0.4) is 0 Å². The van der Waals surface area contributed by atoms with Gasteiger partial charge in [0, 0.05) is 41.2 Å². The average Bonchev–Trinajstić information content (AvgIpc) is 3.25. The number of hydrazine groups is 1. The van der Waals surface area contributed by atoms with Crippen LogP contribution in [0.2, 0.25) is 0 Å². The Labute approximate surface area is 263 Å². The third-order valence-corrected chi connectivity index (χ3v) is 9.51. The first kappa shape index (κ1) is 38.8. The molecule has 0 aromatic carbocycles. The van der Waals surface area contributed by atoms with Crippen LogP contribution in [0.15, 0.2) is 0 Å². The van der Waals surface area contributed by atoms with Gasteiger partial charge in [-0.1, -0.05) is 61.3 Å². The molecule has 0 spiro atoms. The van der Waals surface area contributed by atoms with Crippen molar-refractivity contribution >= 4 is 41.3 Å². The monoisotopic (exact) mass is 627 g/mol. The molecule has 0 aromatic heterocycles. The Kier molecular flexibility index (Phi) is 16.2. The number of hydrogen-bond acceptors (Lipinski definition) is 8. The van der Waals surface area contributed by atoms with E-state index >= 15 is 0 Å². The molecule has 1 saturated heterocycles. The lowest BCUT2D eigenvalue weighted by atomic mass is 9.89. The zero-order valence-corrected chi connectivity index (χ0v) is 29.3. The zero-order chi connectivity index (χ0) is 33.2. The molecule has 0 aromatic rings. The average molecular weight is 628 g/mol. The van der Waals surface area contributed by atoms with E-state index in [1.54, 1.807) is 44.3 Å². The van der Waals surface area contributed by atoms with Crippen molar-refractivity contribution in [2.45, 2.75) is 110 Å². The summed E-state index contributed by atoms with van der Waals surface area (Å²) in [7, 11) is 6.62. The van der Waals surface area contributed by atoms with Gasteiger partial charge in [-0.2, -0.15) is 11.8 Å². The molecule has 43 heavy (non-hydrogen) atoms. The van der Waals surface area contributed by atoms with Gasteiger partial charge in [-0.25, -0.2) is 10.0 Å². The van der Waals surface area contributed by atoms with E-state index in [1.165, 1.54) is 16.8 Å². The van der Waals surface area contributed by atoms with Gasteiger partial charge >= 0.3 is 0 Å². The summed E-state index contributed by atoms with van der Waals surface area (Å²) in [6.07, 6.45) is 4.12. The van der Waals surface area contributed by atoms with Crippen LogP contribution in [0.5, 0.6) is 0 Å². The van der Waals surface area contributed by atoms with Crippen molar-refractivity contribution in [2.24, 2.45) is 17.8 Å². The summed E-state index contributed by atoms with van der Waals surface area (Å²) in [5.41, 5.74) is 0. The van der Waals surface area contributed by atoms with Gasteiger partial charge in [-0.05, 0) is 30.4 Å². The molecule has 12 heteroatoms. The fourth-order valence-electron chi connectivity index (χ4n) is 5.68. The Morgan fingerprint density at radius 1 is 1.05 bits per heavy atom. The molecule has 1 heterocycles. The summed E-state index contributed by atoms with van der Waals surface area (Å²) >= 11 is 1.31. The Hall–Kier alpha value is -2.18. The maximum atomic E-state index is 14.1. The first-order valence-electron chi connectivity index (χ1n) is 15.5. The van der Waals surface area contributed by atoms with Crippen molar-refractivity contribution in [3.05, 3.63) is 0 Å². The van der Waals surface area contributed by atoms with E-state index in [0.29, 0.717) is 6.54 Å². The second kappa shape index (κ2) is 17.9. The lowest BCUT2D eigenvalue weighted by molar-refractivity contribution is -0.163. The molecular formula is C31H57N5O6S. The van der Waals surface area contributed by atoms with Gasteiger partial charge in [0.05, 0.1) is 23.8 Å². The summed E-state index contributed by atoms with van der Waals surface area (Å²) in [6, 6.07) is -2.14. The van der Waals surface area contributed by atoms with Gasteiger partial charge in [0.1, 0.15) is 12.1 Å². The Balaban J connectivity index is 3.26. The fraction of sp³-hybridized carbons (Fsp3) is 0.839. The highest BCUT2D eigenvalue weighted by molar-refractivity contribution is 8.00. The normalized spacial score (nSPS) is 19.0. The number of likely N-dealkylation sites (N-methyl/N-ethyl adjacent to an activating group) is 2. The van der Waals surface area contributed by atoms with Gasteiger partial charge in [0.2, 0.25) is 23.6 Å². The number of ether oxygens (including phenoxy) is 1. The highest BCUT2D eigenvalue weighted by atomic mass is 32.2. The number of unbranched alkanes of at least 4 members (excludes halogenated alkanes) is 1. The van der Waals surface area contributed by atoms with Crippen LogP contribution in [0, 0.1) is 17.8 Å². The topological polar surface area (TPSA) is 120 Å². The molecule has 1 rings (SSSR count). The minimum atomic E-state index is -0.872. The van der Waals surface area contributed by atoms with Crippen molar-refractivity contribution in [3.63, 3.8) is 0 Å². The number of rotatable bonds is 18. The first-order valence-corrected chi connectivity index (χ1v) is 16.8. The largest absolute Gasteiger partial charge is 0.379 e. The molecule has 11 nitrogen and oxygen atoms in total. The minimum Gasteiger partial charge on any atom is -0.379 e. The summed E-state index contributed by atoms with van der Waals surface area (Å²) < 4.78 is 5.84. The molecule has 1 N–H and O–H groups in total. The second-order valence-electron chi connectivity index (χ2n) is 12.4. The number of imide groups is 1. The number of thioether (sulfide) groups is 1. The smallest absolute Gasteiger partial charge is 0.257 e. The molecule has 0 bridgehead atoms. The molecule has 5 amide bonds. The number of hydrogen-bond donors (Lipinski definition) is 1. The summed E-state index contributed by atoms with van der Waals surface area (Å²) in [5.74, 6) is -1.96. The third-order valence-electron chi connectivity index (χ3n) is 8.57. The number of nitrogens with zero attached hydrogens (tertiary/aromatic N) is 4. The molecule has 6 atom stereocenters. The first-order chi connectivity index (χ1) is 20.1. The van der Waals surface area contributed by atoms with Gasteiger partial charge in [-0.3, -0.25) is 24.0 Å². The maximum Gasteiger partial charge on any atom is 0.257 e. The van der Waals surface area contributed by atoms with E-state index in [1.807, 2.05) is 41.5 Å². The Bertz CT molecular complexity index is 963. The minimum absolute atomic E-state index is 0.0160. The Morgan fingerprint density at radius 3 is 2.09 bits per heavy atom. The molecule has 1 fully saturated rings. The predicted octanol–water partition coefficient (Wildman–Crippen LogP) is 3.03. The van der Waals surface area contributed by atoms with Crippen molar-refractivity contribution in [1.29, 1.82) is 0 Å². The second-order valence-corrected chi connectivity index (χ2v) is 13.5. The van der Waals surface area contributed by atoms with Crippen LogP contribution in [0.4, 0.5) is 0 Å². The van der Waals surface area contributed by atoms with Gasteiger partial charge in [0.15, 0.2) is 0 Å². The van der Waals surface area contributed by atoms with Crippen LogP contribution in [0.25, 0.3) is 0 Å². The van der Waals surface area contributed by atoms with Gasteiger partial charge in [0.25, 0.3) is 5.91 Å². The number of methoxy groups -OCH3 is 1. The molecule has 1 aliphatic heterocycles. The summed E-state index contributed by atoms with van der Waals surface area (Å²) in [5, 5.41) is 4.95. The molecular weight excluding hydrogens is 570 g/mol.